The Labute approximate surface area is 152 Å². The molecule has 0 saturated carbocycles. The highest BCUT2D eigenvalue weighted by Gasteiger charge is 2.11. The van der Waals surface area contributed by atoms with Gasteiger partial charge in [-0.25, -0.2) is 4.57 Å². The molecule has 0 aliphatic heterocycles. The van der Waals surface area contributed by atoms with Gasteiger partial charge in [0.25, 0.3) is 6.33 Å². The molecule has 122 valence electrons. The number of nitrogens with zero attached hydrogens (tertiary/aromatic N) is 2. The summed E-state index contributed by atoms with van der Waals surface area (Å²) in [5.41, 5.74) is 5.09. The number of ketones is 1. The van der Waals surface area contributed by atoms with Crippen molar-refractivity contribution in [3.63, 3.8) is 0 Å². The zero-order chi connectivity index (χ0) is 16.2. The highest BCUT2D eigenvalue weighted by atomic mass is 79.9. The lowest BCUT2D eigenvalue weighted by atomic mass is 10.1. The number of rotatable bonds is 4. The van der Waals surface area contributed by atoms with Gasteiger partial charge in [0, 0.05) is 17.2 Å². The van der Waals surface area contributed by atoms with Crippen LogP contribution >= 0.6 is 17.0 Å². The average Bonchev–Trinajstić information content (AvgIpc) is 2.57. The Kier molecular flexibility index (Phi) is 5.99. The van der Waals surface area contributed by atoms with E-state index >= 15 is 0 Å². The molecule has 0 bridgehead atoms. The van der Waals surface area contributed by atoms with Gasteiger partial charge in [-0.1, -0.05) is 59.7 Å². The molecule has 0 radical (unpaired) electrons. The van der Waals surface area contributed by atoms with Gasteiger partial charge >= 0.3 is 0 Å². The van der Waals surface area contributed by atoms with Crippen LogP contribution in [0.2, 0.25) is 0 Å². The number of hydrogen-bond acceptors (Lipinski definition) is 2. The van der Waals surface area contributed by atoms with Gasteiger partial charge in [0.2, 0.25) is 5.78 Å². The van der Waals surface area contributed by atoms with Gasteiger partial charge in [-0.05, 0) is 18.8 Å². The van der Waals surface area contributed by atoms with Gasteiger partial charge in [-0.2, -0.15) is 0 Å². The molecule has 1 aromatic heterocycles. The number of hydrogen-bond donors (Lipinski definition) is 0. The number of Topliss-reactive ketones (excluding diaryl/α,β-unsaturated/α-hetero) is 1. The Balaban J connectivity index is 0.00000208. The van der Waals surface area contributed by atoms with E-state index in [2.05, 4.69) is 36.2 Å². The first kappa shape index (κ1) is 18.0. The normalized spacial score (nSPS) is 10.1. The standard InChI is InChI=1S/C20H19N2O.BrH/c1-15-3-7-17(8-4-15)19-11-12-22(14-21-19)13-20(23)18-9-5-16(2)6-10-18;/h3-12,14H,13H2,1-2H3;1H/q+1;. The van der Waals surface area contributed by atoms with E-state index in [0.717, 1.165) is 22.4 Å². The maximum Gasteiger partial charge on any atom is 0.287 e. The maximum atomic E-state index is 12.3. The maximum absolute atomic E-state index is 12.3. The molecule has 4 heteroatoms. The summed E-state index contributed by atoms with van der Waals surface area (Å²) in [6.45, 7) is 4.37. The minimum atomic E-state index is 0. The molecule has 3 aromatic rings. The lowest BCUT2D eigenvalue weighted by Crippen LogP contribution is -2.37. The third-order valence-corrected chi connectivity index (χ3v) is 3.82. The summed E-state index contributed by atoms with van der Waals surface area (Å²) in [6.07, 6.45) is 3.61. The summed E-state index contributed by atoms with van der Waals surface area (Å²) < 4.78 is 1.81. The first-order valence-corrected chi connectivity index (χ1v) is 7.64. The molecule has 0 N–H and O–H groups in total. The summed E-state index contributed by atoms with van der Waals surface area (Å²) in [6, 6.07) is 17.8. The Morgan fingerprint density at radius 1 is 0.917 bits per heavy atom. The zero-order valence-corrected chi connectivity index (χ0v) is 15.5. The Morgan fingerprint density at radius 3 is 2.04 bits per heavy atom. The van der Waals surface area contributed by atoms with E-state index in [1.165, 1.54) is 5.56 Å². The largest absolute Gasteiger partial charge is 0.290 e. The highest BCUT2D eigenvalue weighted by Crippen LogP contribution is 2.15. The number of carbonyl (C=O) groups is 1. The second-order valence-corrected chi connectivity index (χ2v) is 5.77. The van der Waals surface area contributed by atoms with Gasteiger partial charge < -0.3 is 0 Å². The van der Waals surface area contributed by atoms with Crippen LogP contribution in [0.25, 0.3) is 11.3 Å². The molecule has 3 nitrogen and oxygen atoms in total. The van der Waals surface area contributed by atoms with Gasteiger partial charge in [-0.3, -0.25) is 4.79 Å². The average molecular weight is 384 g/mol. The van der Waals surface area contributed by atoms with Crippen molar-refractivity contribution in [1.82, 2.24) is 4.98 Å². The summed E-state index contributed by atoms with van der Waals surface area (Å²) in [5.74, 6) is 0.0832. The van der Waals surface area contributed by atoms with Crippen LogP contribution in [-0.2, 0) is 6.54 Å². The van der Waals surface area contributed by atoms with Crippen molar-refractivity contribution in [1.29, 1.82) is 0 Å². The minimum absolute atomic E-state index is 0. The number of benzene rings is 2. The lowest BCUT2D eigenvalue weighted by molar-refractivity contribution is -0.686. The number of aryl methyl sites for hydroxylation is 2. The van der Waals surface area contributed by atoms with Crippen LogP contribution in [0.1, 0.15) is 21.5 Å². The van der Waals surface area contributed by atoms with Crippen molar-refractivity contribution >= 4 is 22.8 Å². The van der Waals surface area contributed by atoms with Gasteiger partial charge in [0.05, 0.1) is 6.20 Å². The molecule has 0 aliphatic carbocycles. The number of halogens is 1. The molecule has 0 spiro atoms. The van der Waals surface area contributed by atoms with Crippen LogP contribution in [0.15, 0.2) is 67.1 Å². The van der Waals surface area contributed by atoms with Crippen molar-refractivity contribution in [3.8, 4) is 11.3 Å². The van der Waals surface area contributed by atoms with Crippen molar-refractivity contribution in [3.05, 3.63) is 83.8 Å². The molecule has 0 saturated heterocycles. The molecular formula is C20H20BrN2O+. The van der Waals surface area contributed by atoms with E-state index in [4.69, 9.17) is 0 Å². The highest BCUT2D eigenvalue weighted by molar-refractivity contribution is 8.93. The van der Waals surface area contributed by atoms with E-state index in [-0.39, 0.29) is 22.8 Å². The van der Waals surface area contributed by atoms with E-state index in [1.54, 1.807) is 10.9 Å². The minimum Gasteiger partial charge on any atom is -0.290 e. The van der Waals surface area contributed by atoms with Gasteiger partial charge in [-0.15, -0.1) is 17.0 Å². The van der Waals surface area contributed by atoms with Crippen LogP contribution in [0.4, 0.5) is 0 Å². The first-order chi connectivity index (χ1) is 11.1. The third kappa shape index (κ3) is 4.36. The number of carbonyl (C=O) groups excluding carboxylic acids is 1. The predicted molar refractivity (Wildman–Crippen MR) is 100 cm³/mol. The molecule has 0 amide bonds. The van der Waals surface area contributed by atoms with Crippen molar-refractivity contribution in [2.45, 2.75) is 20.4 Å². The quantitative estimate of drug-likeness (QED) is 0.501. The van der Waals surface area contributed by atoms with Crippen LogP contribution in [-0.4, -0.2) is 10.8 Å². The van der Waals surface area contributed by atoms with Crippen molar-refractivity contribution < 1.29 is 9.36 Å². The van der Waals surface area contributed by atoms with Gasteiger partial charge in [0.1, 0.15) is 0 Å². The molecule has 0 aliphatic rings. The molecule has 3 rings (SSSR count). The fourth-order valence-electron chi connectivity index (χ4n) is 2.37. The summed E-state index contributed by atoms with van der Waals surface area (Å²) in [5, 5.41) is 0. The van der Waals surface area contributed by atoms with Crippen molar-refractivity contribution in [2.75, 3.05) is 0 Å². The van der Waals surface area contributed by atoms with Crippen molar-refractivity contribution in [2.24, 2.45) is 0 Å². The molecule has 2 aromatic carbocycles. The van der Waals surface area contributed by atoms with Crippen LogP contribution in [0, 0.1) is 13.8 Å². The van der Waals surface area contributed by atoms with Crippen LogP contribution in [0.3, 0.4) is 0 Å². The molecular weight excluding hydrogens is 364 g/mol. The third-order valence-electron chi connectivity index (χ3n) is 3.82. The number of aromatic nitrogens is 2. The van der Waals surface area contributed by atoms with E-state index in [0.29, 0.717) is 6.54 Å². The van der Waals surface area contributed by atoms with Gasteiger partial charge in [0.15, 0.2) is 12.2 Å². The Hall–Kier alpha value is -2.33. The second kappa shape index (κ2) is 7.97. The van der Waals surface area contributed by atoms with Crippen LogP contribution < -0.4 is 4.57 Å². The summed E-state index contributed by atoms with van der Waals surface area (Å²) in [7, 11) is 0. The fourth-order valence-corrected chi connectivity index (χ4v) is 2.37. The molecule has 0 unspecified atom stereocenters. The Morgan fingerprint density at radius 2 is 1.50 bits per heavy atom. The monoisotopic (exact) mass is 383 g/mol. The summed E-state index contributed by atoms with van der Waals surface area (Å²) >= 11 is 0. The zero-order valence-electron chi connectivity index (χ0n) is 13.8. The van der Waals surface area contributed by atoms with E-state index in [1.807, 2.05) is 43.5 Å². The van der Waals surface area contributed by atoms with Crippen LogP contribution in [0.5, 0.6) is 0 Å². The molecule has 24 heavy (non-hydrogen) atoms. The summed E-state index contributed by atoms with van der Waals surface area (Å²) in [4.78, 5) is 16.7. The fraction of sp³-hybridized carbons (Fsp3) is 0.150. The molecule has 1 heterocycles. The Bertz CT molecular complexity index is 810. The molecule has 0 atom stereocenters. The smallest absolute Gasteiger partial charge is 0.287 e. The van der Waals surface area contributed by atoms with E-state index < -0.39 is 0 Å². The van der Waals surface area contributed by atoms with E-state index in [9.17, 15) is 4.79 Å². The lowest BCUT2D eigenvalue weighted by Gasteiger charge is -2.01. The first-order valence-electron chi connectivity index (χ1n) is 7.64. The molecule has 0 fully saturated rings. The predicted octanol–water partition coefficient (Wildman–Crippen LogP) is 4.11. The SMILES string of the molecule is Br.Cc1ccc(C(=O)C[n+]2ccc(-c3ccc(C)cc3)nc2)cc1. The topological polar surface area (TPSA) is 33.8 Å². The second-order valence-electron chi connectivity index (χ2n) is 5.77.